The number of rotatable bonds is 6. The van der Waals surface area contributed by atoms with Crippen LogP contribution in [0.25, 0.3) is 22.6 Å². The maximum atomic E-state index is 12.4. The van der Waals surface area contributed by atoms with Gasteiger partial charge in [-0.15, -0.1) is 0 Å². The van der Waals surface area contributed by atoms with Gasteiger partial charge in [-0.3, -0.25) is 10.1 Å². The van der Waals surface area contributed by atoms with Gasteiger partial charge < -0.3 is 19.2 Å². The molecular weight excluding hydrogens is 506 g/mol. The summed E-state index contributed by atoms with van der Waals surface area (Å²) in [6, 6.07) is 17.8. The third-order valence-electron chi connectivity index (χ3n) is 4.70. The normalized spacial score (nSPS) is 10.6. The molecule has 3 aromatic carbocycles. The Balaban J connectivity index is 1.44. The van der Waals surface area contributed by atoms with Gasteiger partial charge in [0.25, 0.3) is 5.91 Å². The van der Waals surface area contributed by atoms with E-state index in [9.17, 15) is 4.79 Å². The van der Waals surface area contributed by atoms with Crippen LogP contribution in [-0.4, -0.2) is 29.7 Å². The number of benzene rings is 3. The summed E-state index contributed by atoms with van der Waals surface area (Å²) < 4.78 is 17.3. The number of ether oxygens (including phenoxy) is 2. The van der Waals surface area contributed by atoms with Gasteiger partial charge in [0.15, 0.2) is 10.7 Å². The minimum atomic E-state index is -0.314. The van der Waals surface area contributed by atoms with Gasteiger partial charge in [0.2, 0.25) is 5.89 Å². The molecule has 168 valence electrons. The zero-order valence-corrected chi connectivity index (χ0v) is 20.2. The molecule has 1 heterocycles. The van der Waals surface area contributed by atoms with E-state index in [0.29, 0.717) is 40.6 Å². The smallest absolute Gasteiger partial charge is 0.257 e. The van der Waals surface area contributed by atoms with Gasteiger partial charge in [0.1, 0.15) is 17.0 Å². The second kappa shape index (κ2) is 10.0. The van der Waals surface area contributed by atoms with Crippen molar-refractivity contribution in [2.75, 3.05) is 19.0 Å². The fourth-order valence-corrected chi connectivity index (χ4v) is 3.89. The Labute approximate surface area is 204 Å². The fraction of sp³-hybridized carbons (Fsp3) is 0.125. The van der Waals surface area contributed by atoms with Crippen LogP contribution < -0.4 is 20.1 Å². The van der Waals surface area contributed by atoms with Crippen molar-refractivity contribution >= 4 is 56.0 Å². The molecule has 0 fully saturated rings. The number of nitrogens with one attached hydrogen (secondary N) is 2. The molecule has 1 amide bonds. The lowest BCUT2D eigenvalue weighted by Gasteiger charge is -2.10. The minimum Gasteiger partial charge on any atom is -0.496 e. The molecule has 0 aliphatic heterocycles. The molecule has 7 nitrogen and oxygen atoms in total. The van der Waals surface area contributed by atoms with Crippen molar-refractivity contribution in [3.05, 3.63) is 70.7 Å². The summed E-state index contributed by atoms with van der Waals surface area (Å²) in [5, 5.41) is 5.86. The Kier molecular flexibility index (Phi) is 6.90. The van der Waals surface area contributed by atoms with E-state index in [1.54, 1.807) is 49.6 Å². The first-order chi connectivity index (χ1) is 16.0. The summed E-state index contributed by atoms with van der Waals surface area (Å²) >= 11 is 8.77. The Morgan fingerprint density at radius 2 is 1.91 bits per heavy atom. The molecule has 0 aliphatic rings. The van der Waals surface area contributed by atoms with Crippen LogP contribution in [0.5, 0.6) is 11.5 Å². The van der Waals surface area contributed by atoms with Gasteiger partial charge in [0, 0.05) is 16.8 Å². The highest BCUT2D eigenvalue weighted by Gasteiger charge is 2.12. The Bertz CT molecular complexity index is 1320. The van der Waals surface area contributed by atoms with Crippen LogP contribution >= 0.6 is 28.1 Å². The molecule has 0 bridgehead atoms. The zero-order valence-electron chi connectivity index (χ0n) is 17.8. The molecule has 0 saturated heterocycles. The number of thiocarbonyl (C=S) groups is 1. The third-order valence-corrected chi connectivity index (χ3v) is 5.52. The average Bonchev–Trinajstić information content (AvgIpc) is 3.23. The molecular formula is C24H20BrN3O4S. The minimum absolute atomic E-state index is 0.177. The topological polar surface area (TPSA) is 85.6 Å². The van der Waals surface area contributed by atoms with Crippen LogP contribution in [0.1, 0.15) is 17.3 Å². The first kappa shape index (κ1) is 22.8. The van der Waals surface area contributed by atoms with Crippen molar-refractivity contribution in [3.8, 4) is 23.0 Å². The quantitative estimate of drug-likeness (QED) is 0.308. The summed E-state index contributed by atoms with van der Waals surface area (Å²) in [5.41, 5.74) is 3.25. The number of carbonyl (C=O) groups excluding carboxylic acids is 1. The van der Waals surface area contributed by atoms with Crippen molar-refractivity contribution in [1.29, 1.82) is 0 Å². The van der Waals surface area contributed by atoms with Crippen LogP contribution in [0.4, 0.5) is 5.69 Å². The van der Waals surface area contributed by atoms with E-state index >= 15 is 0 Å². The van der Waals surface area contributed by atoms with E-state index in [-0.39, 0.29) is 11.0 Å². The highest BCUT2D eigenvalue weighted by atomic mass is 79.9. The summed E-state index contributed by atoms with van der Waals surface area (Å²) in [4.78, 5) is 17.0. The number of aromatic nitrogens is 1. The molecule has 9 heteroatoms. The molecule has 4 rings (SSSR count). The van der Waals surface area contributed by atoms with Gasteiger partial charge in [-0.1, -0.05) is 0 Å². The van der Waals surface area contributed by atoms with Gasteiger partial charge in [-0.2, -0.15) is 0 Å². The number of hydrogen-bond donors (Lipinski definition) is 2. The first-order valence-corrected chi connectivity index (χ1v) is 11.3. The number of carbonyl (C=O) groups is 1. The highest BCUT2D eigenvalue weighted by Crippen LogP contribution is 2.32. The number of hydrogen-bond acceptors (Lipinski definition) is 6. The van der Waals surface area contributed by atoms with Gasteiger partial charge >= 0.3 is 0 Å². The predicted molar refractivity (Wildman–Crippen MR) is 135 cm³/mol. The first-order valence-electron chi connectivity index (χ1n) is 10.1. The van der Waals surface area contributed by atoms with E-state index < -0.39 is 0 Å². The molecule has 4 aromatic rings. The lowest BCUT2D eigenvalue weighted by Crippen LogP contribution is -2.34. The molecule has 0 aliphatic carbocycles. The second-order valence-electron chi connectivity index (χ2n) is 6.92. The van der Waals surface area contributed by atoms with Crippen LogP contribution in [0.15, 0.2) is 69.6 Å². The monoisotopic (exact) mass is 525 g/mol. The van der Waals surface area contributed by atoms with Gasteiger partial charge in [0.05, 0.1) is 18.2 Å². The zero-order chi connectivity index (χ0) is 23.4. The number of halogens is 1. The largest absolute Gasteiger partial charge is 0.496 e. The van der Waals surface area contributed by atoms with Crippen LogP contribution in [0.3, 0.4) is 0 Å². The summed E-state index contributed by atoms with van der Waals surface area (Å²) in [5.74, 6) is 1.60. The number of fused-ring (bicyclic) bond motifs is 1. The van der Waals surface area contributed by atoms with E-state index in [1.807, 2.05) is 25.1 Å². The molecule has 1 aromatic heterocycles. The molecule has 2 N–H and O–H groups in total. The number of anilines is 1. The summed E-state index contributed by atoms with van der Waals surface area (Å²) in [6.45, 7) is 2.47. The SMILES string of the molecule is CCOc1ccc(C(=O)NC(=S)Nc2ccc3oc(-c4ccc(OC)c(Br)c4)nc3c2)cc1. The average molecular weight is 526 g/mol. The molecule has 0 saturated carbocycles. The third kappa shape index (κ3) is 5.32. The summed E-state index contributed by atoms with van der Waals surface area (Å²) in [7, 11) is 1.61. The van der Waals surface area contributed by atoms with Gasteiger partial charge in [-0.25, -0.2) is 4.98 Å². The van der Waals surface area contributed by atoms with E-state index in [0.717, 1.165) is 15.8 Å². The van der Waals surface area contributed by atoms with Crippen LogP contribution in [0, 0.1) is 0 Å². The Hall–Kier alpha value is -3.43. The van der Waals surface area contributed by atoms with Crippen molar-refractivity contribution in [2.24, 2.45) is 0 Å². The predicted octanol–water partition coefficient (Wildman–Crippen LogP) is 5.79. The summed E-state index contributed by atoms with van der Waals surface area (Å²) in [6.07, 6.45) is 0. The van der Waals surface area contributed by atoms with E-state index in [2.05, 4.69) is 31.5 Å². The number of methoxy groups -OCH3 is 1. The number of oxazole rings is 1. The lowest BCUT2D eigenvalue weighted by atomic mass is 10.2. The molecule has 0 atom stereocenters. The van der Waals surface area contributed by atoms with Gasteiger partial charge in [-0.05, 0) is 95.7 Å². The van der Waals surface area contributed by atoms with Crippen molar-refractivity contribution < 1.29 is 18.7 Å². The lowest BCUT2D eigenvalue weighted by molar-refractivity contribution is 0.0977. The van der Waals surface area contributed by atoms with E-state index in [1.165, 1.54) is 0 Å². The molecule has 0 unspecified atom stereocenters. The van der Waals surface area contributed by atoms with Crippen LogP contribution in [-0.2, 0) is 0 Å². The maximum Gasteiger partial charge on any atom is 0.257 e. The van der Waals surface area contributed by atoms with Crippen LogP contribution in [0.2, 0.25) is 0 Å². The standard InChI is InChI=1S/C24H20BrN3O4S/c1-3-31-17-8-4-14(5-9-17)22(29)28-24(33)26-16-7-11-21-19(13-16)27-23(32-21)15-6-10-20(30-2)18(25)12-15/h4-13H,3H2,1-2H3,(H2,26,28,29,33). The molecule has 0 radical (unpaired) electrons. The Morgan fingerprint density at radius 1 is 1.12 bits per heavy atom. The number of amides is 1. The highest BCUT2D eigenvalue weighted by molar-refractivity contribution is 9.10. The van der Waals surface area contributed by atoms with Crippen molar-refractivity contribution in [3.63, 3.8) is 0 Å². The number of nitrogens with zero attached hydrogens (tertiary/aromatic N) is 1. The second-order valence-corrected chi connectivity index (χ2v) is 8.18. The maximum absolute atomic E-state index is 12.4. The van der Waals surface area contributed by atoms with Crippen molar-refractivity contribution in [1.82, 2.24) is 10.3 Å². The molecule has 0 spiro atoms. The molecule has 33 heavy (non-hydrogen) atoms. The van der Waals surface area contributed by atoms with Crippen molar-refractivity contribution in [2.45, 2.75) is 6.92 Å². The Morgan fingerprint density at radius 3 is 2.61 bits per heavy atom. The fourth-order valence-electron chi connectivity index (χ4n) is 3.13. The van der Waals surface area contributed by atoms with E-state index in [4.69, 9.17) is 26.1 Å².